The van der Waals surface area contributed by atoms with E-state index in [4.69, 9.17) is 10.2 Å². The largest absolute Gasteiger partial charge is 0.459 e. The minimum Gasteiger partial charge on any atom is -0.459 e. The monoisotopic (exact) mass is 290 g/mol. The molecule has 112 valence electrons. The normalized spacial score (nSPS) is 11.7. The number of nitrogens with zero attached hydrogens (tertiary/aromatic N) is 2. The van der Waals surface area contributed by atoms with Gasteiger partial charge in [0.2, 0.25) is 0 Å². The van der Waals surface area contributed by atoms with Gasteiger partial charge in [0.1, 0.15) is 12.0 Å². The summed E-state index contributed by atoms with van der Waals surface area (Å²) < 4.78 is 4.98. The highest BCUT2D eigenvalue weighted by molar-refractivity contribution is 5.92. The van der Waals surface area contributed by atoms with Gasteiger partial charge in [-0.1, -0.05) is 6.92 Å². The fraction of sp³-hybridized carbons (Fsp3) is 0.308. The van der Waals surface area contributed by atoms with E-state index in [-0.39, 0.29) is 11.8 Å². The van der Waals surface area contributed by atoms with Crippen LogP contribution in [0.4, 0.5) is 17.3 Å². The molecule has 0 spiro atoms. The number of nitrogen functional groups attached to an aromatic ring is 1. The molecule has 0 radical (unpaired) electrons. The maximum absolute atomic E-state index is 11.7. The van der Waals surface area contributed by atoms with Crippen molar-refractivity contribution in [3.8, 4) is 0 Å². The van der Waals surface area contributed by atoms with Crippen LogP contribution < -0.4 is 21.9 Å². The number of nitrogens with two attached hydrogens (primary N) is 1. The van der Waals surface area contributed by atoms with E-state index in [9.17, 15) is 4.79 Å². The Hall–Kier alpha value is -2.77. The van der Waals surface area contributed by atoms with Gasteiger partial charge in [0.15, 0.2) is 17.4 Å². The first-order valence-electron chi connectivity index (χ1n) is 6.58. The summed E-state index contributed by atoms with van der Waals surface area (Å²) in [4.78, 5) is 19.8. The van der Waals surface area contributed by atoms with Crippen LogP contribution >= 0.6 is 0 Å². The molecule has 5 N–H and O–H groups in total. The lowest BCUT2D eigenvalue weighted by molar-refractivity contribution is 0.0935. The summed E-state index contributed by atoms with van der Waals surface area (Å²) in [6, 6.07) is 3.41. The zero-order valence-corrected chi connectivity index (χ0v) is 11.9. The third-order valence-corrected chi connectivity index (χ3v) is 2.92. The van der Waals surface area contributed by atoms with Crippen LogP contribution in [0, 0.1) is 0 Å². The van der Waals surface area contributed by atoms with Gasteiger partial charge >= 0.3 is 5.91 Å². The van der Waals surface area contributed by atoms with Crippen molar-refractivity contribution in [3.05, 3.63) is 30.5 Å². The van der Waals surface area contributed by atoms with Crippen molar-refractivity contribution >= 4 is 23.2 Å². The number of hydrogen-bond donors (Lipinski definition) is 4. The molecule has 0 aliphatic carbocycles. The predicted molar refractivity (Wildman–Crippen MR) is 79.6 cm³/mol. The molecular weight excluding hydrogens is 272 g/mol. The van der Waals surface area contributed by atoms with Crippen LogP contribution in [-0.2, 0) is 0 Å². The summed E-state index contributed by atoms with van der Waals surface area (Å²) in [6.45, 7) is 4.07. The van der Waals surface area contributed by atoms with Gasteiger partial charge in [0.05, 0.1) is 6.26 Å². The maximum Gasteiger partial charge on any atom is 0.305 e. The summed E-state index contributed by atoms with van der Waals surface area (Å²) in [5.41, 5.74) is 11.4. The molecule has 1 unspecified atom stereocenters. The average Bonchev–Trinajstić information content (AvgIpc) is 3.02. The van der Waals surface area contributed by atoms with E-state index in [0.717, 1.165) is 6.42 Å². The van der Waals surface area contributed by atoms with Gasteiger partial charge in [0, 0.05) is 6.04 Å². The molecule has 8 heteroatoms. The first-order valence-corrected chi connectivity index (χ1v) is 6.58. The van der Waals surface area contributed by atoms with Crippen LogP contribution in [0.25, 0.3) is 0 Å². The first kappa shape index (κ1) is 14.6. The second kappa shape index (κ2) is 6.60. The van der Waals surface area contributed by atoms with Crippen molar-refractivity contribution in [3.63, 3.8) is 0 Å². The minimum atomic E-state index is -0.422. The van der Waals surface area contributed by atoms with E-state index in [2.05, 4.69) is 33.1 Å². The summed E-state index contributed by atoms with van der Waals surface area (Å²) in [6.07, 6.45) is 3.71. The molecule has 0 saturated heterocycles. The fourth-order valence-electron chi connectivity index (χ4n) is 1.53. The average molecular weight is 290 g/mol. The summed E-state index contributed by atoms with van der Waals surface area (Å²) in [7, 11) is 0. The van der Waals surface area contributed by atoms with Crippen molar-refractivity contribution in [2.45, 2.75) is 26.3 Å². The van der Waals surface area contributed by atoms with Crippen molar-refractivity contribution in [2.24, 2.45) is 0 Å². The molecule has 2 rings (SSSR count). The molecule has 1 amide bonds. The van der Waals surface area contributed by atoms with Gasteiger partial charge < -0.3 is 15.5 Å². The number of hydrazine groups is 1. The molecule has 0 aromatic carbocycles. The van der Waals surface area contributed by atoms with Crippen LogP contribution in [-0.4, -0.2) is 21.9 Å². The fourth-order valence-corrected chi connectivity index (χ4v) is 1.53. The highest BCUT2D eigenvalue weighted by Gasteiger charge is 2.12. The lowest BCUT2D eigenvalue weighted by Gasteiger charge is -2.15. The number of furan rings is 1. The number of carbonyl (C=O) groups is 1. The molecule has 0 saturated carbocycles. The molecule has 2 aromatic heterocycles. The van der Waals surface area contributed by atoms with Crippen LogP contribution in [0.15, 0.2) is 29.1 Å². The smallest absolute Gasteiger partial charge is 0.305 e. The van der Waals surface area contributed by atoms with Gasteiger partial charge in [-0.3, -0.25) is 15.6 Å². The van der Waals surface area contributed by atoms with Gasteiger partial charge in [-0.05, 0) is 25.5 Å². The molecule has 0 bridgehead atoms. The number of anilines is 3. The van der Waals surface area contributed by atoms with E-state index < -0.39 is 5.91 Å². The van der Waals surface area contributed by atoms with Crippen LogP contribution in [0.1, 0.15) is 30.8 Å². The topological polar surface area (TPSA) is 118 Å². The molecular formula is C13H18N6O2. The third-order valence-electron chi connectivity index (χ3n) is 2.92. The summed E-state index contributed by atoms with van der Waals surface area (Å²) >= 11 is 0. The van der Waals surface area contributed by atoms with Crippen molar-refractivity contribution < 1.29 is 9.21 Å². The Balaban J connectivity index is 2.03. The van der Waals surface area contributed by atoms with Crippen LogP contribution in [0.2, 0.25) is 0 Å². The number of rotatable bonds is 6. The van der Waals surface area contributed by atoms with Crippen molar-refractivity contribution in [1.82, 2.24) is 15.4 Å². The van der Waals surface area contributed by atoms with Gasteiger partial charge in [0.25, 0.3) is 0 Å². The Morgan fingerprint density at radius 2 is 2.19 bits per heavy atom. The molecule has 0 aliphatic rings. The van der Waals surface area contributed by atoms with Gasteiger partial charge in [-0.15, -0.1) is 0 Å². The molecule has 8 nitrogen and oxygen atoms in total. The minimum absolute atomic E-state index is 0.188. The first-order chi connectivity index (χ1) is 10.1. The molecule has 0 fully saturated rings. The molecule has 0 aliphatic heterocycles. The Morgan fingerprint density at radius 1 is 1.43 bits per heavy atom. The highest BCUT2D eigenvalue weighted by Crippen LogP contribution is 2.22. The number of nitrogens with one attached hydrogen (secondary N) is 3. The standard InChI is InChI=1S/C13H18N6O2/c1-3-8(2)17-11-10(14)12(16-7-15-11)18-19-13(20)9-5-4-6-21-9/h4-8H,3,14H2,1-2H3,(H,19,20)(H2,15,16,17,18). The summed E-state index contributed by atoms with van der Waals surface area (Å²) in [5, 5.41) is 3.17. The number of amides is 1. The maximum atomic E-state index is 11.7. The Bertz CT molecular complexity index is 599. The molecule has 2 heterocycles. The second-order valence-corrected chi connectivity index (χ2v) is 4.49. The lowest BCUT2D eigenvalue weighted by Crippen LogP contribution is -2.30. The van der Waals surface area contributed by atoms with Crippen LogP contribution in [0.5, 0.6) is 0 Å². The van der Waals surface area contributed by atoms with Gasteiger partial charge in [-0.2, -0.15) is 0 Å². The summed E-state index contributed by atoms with van der Waals surface area (Å²) in [5.74, 6) is 0.604. The van der Waals surface area contributed by atoms with Gasteiger partial charge in [-0.25, -0.2) is 9.97 Å². The van der Waals surface area contributed by atoms with Crippen LogP contribution in [0.3, 0.4) is 0 Å². The van der Waals surface area contributed by atoms with Crippen molar-refractivity contribution in [1.29, 1.82) is 0 Å². The lowest BCUT2D eigenvalue weighted by atomic mass is 10.2. The van der Waals surface area contributed by atoms with E-state index >= 15 is 0 Å². The molecule has 2 aromatic rings. The van der Waals surface area contributed by atoms with E-state index in [1.54, 1.807) is 12.1 Å². The third kappa shape index (κ3) is 3.62. The Morgan fingerprint density at radius 3 is 2.86 bits per heavy atom. The zero-order valence-electron chi connectivity index (χ0n) is 11.9. The number of hydrogen-bond acceptors (Lipinski definition) is 7. The molecule has 1 atom stereocenters. The Labute approximate surface area is 122 Å². The SMILES string of the molecule is CCC(C)Nc1ncnc(NNC(=O)c2ccco2)c1N. The Kier molecular flexibility index (Phi) is 4.60. The molecule has 21 heavy (non-hydrogen) atoms. The quantitative estimate of drug-likeness (QED) is 0.597. The highest BCUT2D eigenvalue weighted by atomic mass is 16.3. The number of carbonyl (C=O) groups excluding carboxylic acids is 1. The predicted octanol–water partition coefficient (Wildman–Crippen LogP) is 1.62. The second-order valence-electron chi connectivity index (χ2n) is 4.49. The van der Waals surface area contributed by atoms with E-state index in [0.29, 0.717) is 17.3 Å². The van der Waals surface area contributed by atoms with Crippen molar-refractivity contribution in [2.75, 3.05) is 16.5 Å². The van der Waals surface area contributed by atoms with E-state index in [1.807, 2.05) is 6.92 Å². The van der Waals surface area contributed by atoms with E-state index in [1.165, 1.54) is 12.6 Å². The zero-order chi connectivity index (χ0) is 15.2. The number of aromatic nitrogens is 2.